The Kier molecular flexibility index (Phi) is 7.95. The number of Topliss-reactive ketones (excluding diaryl/α,β-unsaturated/α-hetero) is 1. The third-order valence-corrected chi connectivity index (χ3v) is 5.52. The Morgan fingerprint density at radius 3 is 1.94 bits per heavy atom. The van der Waals surface area contributed by atoms with Gasteiger partial charge >= 0.3 is 0 Å². The lowest BCUT2D eigenvalue weighted by molar-refractivity contribution is -0.168. The molecule has 0 rings (SSSR count). The predicted molar refractivity (Wildman–Crippen MR) is 71.1 cm³/mol. The van der Waals surface area contributed by atoms with Gasteiger partial charge in [-0.3, -0.25) is 4.57 Å². The maximum atomic E-state index is 12.9. The summed E-state index contributed by atoms with van der Waals surface area (Å²) in [7, 11) is -3.19. The van der Waals surface area contributed by atoms with Crippen LogP contribution in [0.15, 0.2) is 0 Å². The molecule has 1 unspecified atom stereocenters. The van der Waals surface area contributed by atoms with Crippen molar-refractivity contribution >= 4 is 13.2 Å². The van der Waals surface area contributed by atoms with E-state index in [9.17, 15) is 9.36 Å². The lowest BCUT2D eigenvalue weighted by Gasteiger charge is -2.36. The van der Waals surface area contributed by atoms with Crippen LogP contribution in [-0.2, 0) is 23.4 Å². The van der Waals surface area contributed by atoms with E-state index in [1.165, 1.54) is 6.92 Å². The Balaban J connectivity index is 5.10. The topological polar surface area (TPSA) is 61.8 Å². The summed E-state index contributed by atoms with van der Waals surface area (Å²) in [5, 5.41) is 0. The second kappa shape index (κ2) is 8.05. The molecule has 0 aromatic rings. The Labute approximate surface area is 110 Å². The maximum absolute atomic E-state index is 12.9. The van der Waals surface area contributed by atoms with Crippen molar-refractivity contribution in [2.75, 3.05) is 26.0 Å². The van der Waals surface area contributed by atoms with E-state index in [-0.39, 0.29) is 18.4 Å². The van der Waals surface area contributed by atoms with Gasteiger partial charge in [0, 0.05) is 25.8 Å². The first-order valence-corrected chi connectivity index (χ1v) is 8.17. The van der Waals surface area contributed by atoms with Crippen LogP contribution in [0.1, 0.15) is 41.0 Å². The molecule has 0 aromatic heterocycles. The zero-order valence-corrected chi connectivity index (χ0v) is 12.9. The largest absolute Gasteiger partial charge is 0.342 e. The zero-order valence-electron chi connectivity index (χ0n) is 12.0. The number of carbonyl (C=O) groups excluding carboxylic acids is 1. The summed E-state index contributed by atoms with van der Waals surface area (Å²) in [4.78, 5) is 11.1. The molecule has 18 heavy (non-hydrogen) atoms. The van der Waals surface area contributed by atoms with E-state index in [2.05, 4.69) is 0 Å². The van der Waals surface area contributed by atoms with Crippen molar-refractivity contribution in [1.82, 2.24) is 0 Å². The summed E-state index contributed by atoms with van der Waals surface area (Å²) >= 11 is 0. The normalized spacial score (nSPS) is 15.4. The maximum Gasteiger partial charge on any atom is 0.260 e. The van der Waals surface area contributed by atoms with E-state index in [0.29, 0.717) is 19.8 Å². The molecule has 0 fully saturated rings. The highest BCUT2D eigenvalue weighted by Gasteiger charge is 2.47. The third-order valence-electron chi connectivity index (χ3n) is 2.54. The van der Waals surface area contributed by atoms with Gasteiger partial charge in [0.1, 0.15) is 5.78 Å². The average molecular weight is 280 g/mol. The smallest absolute Gasteiger partial charge is 0.260 e. The van der Waals surface area contributed by atoms with Gasteiger partial charge < -0.3 is 18.8 Å². The van der Waals surface area contributed by atoms with Gasteiger partial charge in [0.2, 0.25) is 5.53 Å². The van der Waals surface area contributed by atoms with Gasteiger partial charge in [0.15, 0.2) is 0 Å². The van der Waals surface area contributed by atoms with Gasteiger partial charge in [0.05, 0.1) is 6.61 Å². The van der Waals surface area contributed by atoms with E-state index in [1.807, 2.05) is 0 Å². The molecule has 0 N–H and O–H groups in total. The van der Waals surface area contributed by atoms with Crippen molar-refractivity contribution in [3.8, 4) is 0 Å². The molecule has 0 heterocycles. The van der Waals surface area contributed by atoms with Crippen LogP contribution in [-0.4, -0.2) is 37.3 Å². The molecule has 0 amide bonds. The lowest BCUT2D eigenvalue weighted by Crippen LogP contribution is -2.35. The summed E-state index contributed by atoms with van der Waals surface area (Å²) in [6.07, 6.45) is 0.347. The number of ether oxygens (including phenoxy) is 2. The number of carbonyl (C=O) groups is 1. The van der Waals surface area contributed by atoms with Crippen molar-refractivity contribution < 1.29 is 23.4 Å². The summed E-state index contributed by atoms with van der Waals surface area (Å²) in [5.41, 5.74) is -1.28. The highest BCUT2D eigenvalue weighted by atomic mass is 31.2. The molecule has 0 saturated heterocycles. The first-order valence-electron chi connectivity index (χ1n) is 6.36. The quantitative estimate of drug-likeness (QED) is 0.454. The fraction of sp³-hybridized carbons (Fsp3) is 0.917. The molecular weight excluding hydrogens is 255 g/mol. The predicted octanol–water partition coefficient (Wildman–Crippen LogP) is 3.03. The summed E-state index contributed by atoms with van der Waals surface area (Å²) in [5.74, 6) is -0.0229. The van der Waals surface area contributed by atoms with Crippen LogP contribution in [0.5, 0.6) is 0 Å². The standard InChI is InChI=1S/C12H25O5P/c1-6-15-12(5,16-7-2)18(14,17-8-3)10-9-11(4)13/h6-10H2,1-5H3. The first-order chi connectivity index (χ1) is 8.35. The molecule has 0 aromatic carbocycles. The van der Waals surface area contributed by atoms with Crippen LogP contribution in [0.3, 0.4) is 0 Å². The monoisotopic (exact) mass is 280 g/mol. The minimum absolute atomic E-state index is 0.0229. The minimum atomic E-state index is -3.19. The SMILES string of the molecule is CCOC(C)(OCC)P(=O)(CCC(C)=O)OCC. The van der Waals surface area contributed by atoms with Gasteiger partial charge in [0.25, 0.3) is 7.37 Å². The molecule has 1 atom stereocenters. The molecule has 0 aliphatic carbocycles. The van der Waals surface area contributed by atoms with Crippen molar-refractivity contribution in [2.24, 2.45) is 0 Å². The van der Waals surface area contributed by atoms with Gasteiger partial charge in [-0.25, -0.2) is 0 Å². The number of rotatable bonds is 10. The third kappa shape index (κ3) is 4.81. The van der Waals surface area contributed by atoms with Gasteiger partial charge in [-0.2, -0.15) is 0 Å². The zero-order chi connectivity index (χ0) is 14.2. The molecule has 6 heteroatoms. The Bertz CT molecular complexity index is 297. The van der Waals surface area contributed by atoms with E-state index in [1.54, 1.807) is 27.7 Å². The van der Waals surface area contributed by atoms with Crippen LogP contribution in [0, 0.1) is 0 Å². The van der Waals surface area contributed by atoms with E-state index >= 15 is 0 Å². The second-order valence-electron chi connectivity index (χ2n) is 4.03. The molecule has 0 saturated carbocycles. The molecule has 0 bridgehead atoms. The molecule has 108 valence electrons. The molecule has 5 nitrogen and oxygen atoms in total. The summed E-state index contributed by atoms with van der Waals surface area (Å²) in [6.45, 7) is 9.49. The summed E-state index contributed by atoms with van der Waals surface area (Å²) in [6, 6.07) is 0. The highest BCUT2D eigenvalue weighted by Crippen LogP contribution is 2.60. The van der Waals surface area contributed by atoms with Crippen LogP contribution >= 0.6 is 7.37 Å². The van der Waals surface area contributed by atoms with Crippen molar-refractivity contribution in [1.29, 1.82) is 0 Å². The number of hydrogen-bond acceptors (Lipinski definition) is 5. The minimum Gasteiger partial charge on any atom is -0.342 e. The molecule has 0 radical (unpaired) electrons. The number of hydrogen-bond donors (Lipinski definition) is 0. The van der Waals surface area contributed by atoms with Gasteiger partial charge in [-0.05, 0) is 34.6 Å². The first kappa shape index (κ1) is 17.8. The average Bonchev–Trinajstić information content (AvgIpc) is 2.27. The lowest BCUT2D eigenvalue weighted by atomic mass is 10.4. The molecule has 0 spiro atoms. The van der Waals surface area contributed by atoms with Crippen molar-refractivity contribution in [3.63, 3.8) is 0 Å². The van der Waals surface area contributed by atoms with Crippen LogP contribution in [0.4, 0.5) is 0 Å². The molecular formula is C12H25O5P. The highest BCUT2D eigenvalue weighted by molar-refractivity contribution is 7.60. The van der Waals surface area contributed by atoms with Crippen LogP contribution < -0.4 is 0 Å². The second-order valence-corrected chi connectivity index (χ2v) is 6.90. The Hall–Kier alpha value is -0.220. The van der Waals surface area contributed by atoms with Crippen molar-refractivity contribution in [2.45, 2.75) is 46.6 Å². The summed E-state index contributed by atoms with van der Waals surface area (Å²) < 4.78 is 29.3. The van der Waals surface area contributed by atoms with Crippen molar-refractivity contribution in [3.05, 3.63) is 0 Å². The van der Waals surface area contributed by atoms with Crippen LogP contribution in [0.25, 0.3) is 0 Å². The Morgan fingerprint density at radius 2 is 1.61 bits per heavy atom. The fourth-order valence-corrected chi connectivity index (χ4v) is 4.12. The Morgan fingerprint density at radius 1 is 1.11 bits per heavy atom. The van der Waals surface area contributed by atoms with E-state index in [0.717, 1.165) is 0 Å². The number of ketones is 1. The van der Waals surface area contributed by atoms with Gasteiger partial charge in [-0.15, -0.1) is 0 Å². The molecule has 0 aliphatic rings. The fourth-order valence-electron chi connectivity index (χ4n) is 1.67. The van der Waals surface area contributed by atoms with Crippen LogP contribution in [0.2, 0.25) is 0 Å². The van der Waals surface area contributed by atoms with Gasteiger partial charge in [-0.1, -0.05) is 0 Å². The molecule has 0 aliphatic heterocycles. The van der Waals surface area contributed by atoms with E-state index in [4.69, 9.17) is 14.0 Å². The van der Waals surface area contributed by atoms with E-state index < -0.39 is 12.9 Å².